The molecule has 24 heavy (non-hydrogen) atoms. The van der Waals surface area contributed by atoms with Crippen molar-refractivity contribution in [2.75, 3.05) is 20.2 Å². The summed E-state index contributed by atoms with van der Waals surface area (Å²) in [5.41, 5.74) is 3.03. The van der Waals surface area contributed by atoms with Crippen LogP contribution in [0.3, 0.4) is 0 Å². The largest absolute Gasteiger partial charge is 0.480 e. The fraction of sp³-hybridized carbons (Fsp3) is 0.389. The molecule has 126 valence electrons. The Kier molecular flexibility index (Phi) is 4.64. The molecular formula is C18H21N3O3. The molecule has 0 N–H and O–H groups in total. The second kappa shape index (κ2) is 6.86. The smallest absolute Gasteiger partial charge is 0.253 e. The van der Waals surface area contributed by atoms with Crippen LogP contribution in [-0.4, -0.2) is 47.1 Å². The zero-order valence-corrected chi connectivity index (χ0v) is 14.2. The highest BCUT2D eigenvalue weighted by Crippen LogP contribution is 2.20. The summed E-state index contributed by atoms with van der Waals surface area (Å²) in [5, 5.41) is 0. The van der Waals surface area contributed by atoms with Crippen molar-refractivity contribution in [3.8, 4) is 11.8 Å². The summed E-state index contributed by atoms with van der Waals surface area (Å²) in [6.07, 6.45) is 3.77. The van der Waals surface area contributed by atoms with Gasteiger partial charge < -0.3 is 14.4 Å². The molecule has 6 nitrogen and oxygen atoms in total. The Morgan fingerprint density at radius 3 is 2.75 bits per heavy atom. The van der Waals surface area contributed by atoms with Crippen LogP contribution in [0.2, 0.25) is 0 Å². The molecule has 1 unspecified atom stereocenters. The molecule has 0 saturated carbocycles. The standard InChI is InChI=1S/C18H21N3O3/c1-12-4-5-14(8-13(12)2)18(22)21-7-6-15(11-21)24-17-10-19-9-16(20-17)23-3/h4-5,8-10,15H,6-7,11H2,1-3H3. The number of carbonyl (C=O) groups excluding carboxylic acids is 1. The van der Waals surface area contributed by atoms with E-state index in [-0.39, 0.29) is 12.0 Å². The van der Waals surface area contributed by atoms with Crippen LogP contribution in [0.5, 0.6) is 11.8 Å². The summed E-state index contributed by atoms with van der Waals surface area (Å²) in [7, 11) is 1.54. The van der Waals surface area contributed by atoms with E-state index < -0.39 is 0 Å². The van der Waals surface area contributed by atoms with Crippen molar-refractivity contribution in [2.45, 2.75) is 26.4 Å². The average molecular weight is 327 g/mol. The van der Waals surface area contributed by atoms with E-state index in [1.54, 1.807) is 6.20 Å². The first kappa shape index (κ1) is 16.2. The van der Waals surface area contributed by atoms with Crippen molar-refractivity contribution >= 4 is 5.91 Å². The van der Waals surface area contributed by atoms with Gasteiger partial charge in [-0.25, -0.2) is 0 Å². The Morgan fingerprint density at radius 1 is 1.21 bits per heavy atom. The predicted molar refractivity (Wildman–Crippen MR) is 89.4 cm³/mol. The Bertz CT molecular complexity index is 748. The van der Waals surface area contributed by atoms with Gasteiger partial charge in [-0.3, -0.25) is 9.78 Å². The Labute approximate surface area is 141 Å². The van der Waals surface area contributed by atoms with Crippen molar-refractivity contribution in [2.24, 2.45) is 0 Å². The Balaban J connectivity index is 1.64. The van der Waals surface area contributed by atoms with Crippen molar-refractivity contribution in [1.82, 2.24) is 14.9 Å². The normalized spacial score (nSPS) is 17.0. The number of aryl methyl sites for hydroxylation is 2. The first-order valence-corrected chi connectivity index (χ1v) is 7.96. The van der Waals surface area contributed by atoms with Crippen LogP contribution >= 0.6 is 0 Å². The van der Waals surface area contributed by atoms with Gasteiger partial charge in [0.1, 0.15) is 6.10 Å². The van der Waals surface area contributed by atoms with E-state index in [0.29, 0.717) is 24.8 Å². The van der Waals surface area contributed by atoms with Gasteiger partial charge in [0.2, 0.25) is 11.8 Å². The monoisotopic (exact) mass is 327 g/mol. The molecule has 1 atom stereocenters. The van der Waals surface area contributed by atoms with Gasteiger partial charge in [0.05, 0.1) is 26.0 Å². The van der Waals surface area contributed by atoms with E-state index in [1.165, 1.54) is 18.9 Å². The number of ether oxygens (including phenoxy) is 2. The van der Waals surface area contributed by atoms with Gasteiger partial charge >= 0.3 is 0 Å². The number of nitrogens with zero attached hydrogens (tertiary/aromatic N) is 3. The van der Waals surface area contributed by atoms with Crippen LogP contribution in [-0.2, 0) is 0 Å². The van der Waals surface area contributed by atoms with Gasteiger partial charge in [-0.05, 0) is 37.1 Å². The maximum atomic E-state index is 12.6. The van der Waals surface area contributed by atoms with Crippen molar-refractivity contribution in [3.63, 3.8) is 0 Å². The molecular weight excluding hydrogens is 306 g/mol. The topological polar surface area (TPSA) is 64.6 Å². The third kappa shape index (κ3) is 3.48. The van der Waals surface area contributed by atoms with Crippen molar-refractivity contribution in [1.29, 1.82) is 0 Å². The summed E-state index contributed by atoms with van der Waals surface area (Å²) in [6.45, 7) is 5.28. The zero-order valence-electron chi connectivity index (χ0n) is 14.2. The maximum absolute atomic E-state index is 12.6. The van der Waals surface area contributed by atoms with Gasteiger partial charge in [0.25, 0.3) is 5.91 Å². The molecule has 1 amide bonds. The minimum absolute atomic E-state index is 0.0425. The molecule has 0 aliphatic carbocycles. The number of hydrogen-bond acceptors (Lipinski definition) is 5. The van der Waals surface area contributed by atoms with Gasteiger partial charge in [0.15, 0.2) is 0 Å². The lowest BCUT2D eigenvalue weighted by Crippen LogP contribution is -2.31. The number of methoxy groups -OCH3 is 1. The van der Waals surface area contributed by atoms with Gasteiger partial charge in [-0.2, -0.15) is 4.98 Å². The lowest BCUT2D eigenvalue weighted by molar-refractivity contribution is 0.0770. The van der Waals surface area contributed by atoms with E-state index in [4.69, 9.17) is 9.47 Å². The summed E-state index contributed by atoms with van der Waals surface area (Å²) in [6, 6.07) is 5.81. The van der Waals surface area contributed by atoms with Gasteiger partial charge in [0, 0.05) is 18.5 Å². The number of amides is 1. The molecule has 2 aromatic rings. The molecule has 1 aliphatic rings. The van der Waals surface area contributed by atoms with Crippen LogP contribution in [0.15, 0.2) is 30.6 Å². The van der Waals surface area contributed by atoms with Crippen LogP contribution in [0.25, 0.3) is 0 Å². The molecule has 6 heteroatoms. The lowest BCUT2D eigenvalue weighted by atomic mass is 10.1. The number of benzene rings is 1. The minimum Gasteiger partial charge on any atom is -0.480 e. The average Bonchev–Trinajstić information content (AvgIpc) is 3.05. The van der Waals surface area contributed by atoms with E-state index in [0.717, 1.165) is 17.5 Å². The lowest BCUT2D eigenvalue weighted by Gasteiger charge is -2.17. The van der Waals surface area contributed by atoms with Gasteiger partial charge in [-0.15, -0.1) is 0 Å². The molecule has 0 radical (unpaired) electrons. The first-order chi connectivity index (χ1) is 11.6. The maximum Gasteiger partial charge on any atom is 0.253 e. The molecule has 0 bridgehead atoms. The molecule has 1 aliphatic heterocycles. The highest BCUT2D eigenvalue weighted by molar-refractivity contribution is 5.94. The highest BCUT2D eigenvalue weighted by Gasteiger charge is 2.28. The summed E-state index contributed by atoms with van der Waals surface area (Å²) >= 11 is 0. The Hall–Kier alpha value is -2.63. The predicted octanol–water partition coefficient (Wildman–Crippen LogP) is 2.40. The molecule has 0 spiro atoms. The summed E-state index contributed by atoms with van der Waals surface area (Å²) in [4.78, 5) is 22.7. The quantitative estimate of drug-likeness (QED) is 0.863. The van der Waals surface area contributed by atoms with Crippen LogP contribution in [0, 0.1) is 13.8 Å². The van der Waals surface area contributed by atoms with E-state index >= 15 is 0 Å². The fourth-order valence-corrected chi connectivity index (χ4v) is 2.72. The molecule has 1 aromatic carbocycles. The fourth-order valence-electron chi connectivity index (χ4n) is 2.72. The Morgan fingerprint density at radius 2 is 2.00 bits per heavy atom. The zero-order chi connectivity index (χ0) is 17.1. The van der Waals surface area contributed by atoms with Crippen LogP contribution in [0.1, 0.15) is 27.9 Å². The molecule has 1 fully saturated rings. The highest BCUT2D eigenvalue weighted by atomic mass is 16.5. The number of likely N-dealkylation sites (tertiary alicyclic amines) is 1. The van der Waals surface area contributed by atoms with Crippen LogP contribution in [0.4, 0.5) is 0 Å². The molecule has 1 aromatic heterocycles. The number of aromatic nitrogens is 2. The molecule has 3 rings (SSSR count). The van der Waals surface area contributed by atoms with E-state index in [2.05, 4.69) is 9.97 Å². The number of hydrogen-bond donors (Lipinski definition) is 0. The van der Waals surface area contributed by atoms with Crippen molar-refractivity contribution in [3.05, 3.63) is 47.3 Å². The number of carbonyl (C=O) groups is 1. The van der Waals surface area contributed by atoms with Crippen molar-refractivity contribution < 1.29 is 14.3 Å². The third-order valence-corrected chi connectivity index (χ3v) is 4.27. The minimum atomic E-state index is -0.0816. The molecule has 1 saturated heterocycles. The second-order valence-electron chi connectivity index (χ2n) is 5.98. The van der Waals surface area contributed by atoms with E-state index in [1.807, 2.05) is 36.9 Å². The summed E-state index contributed by atoms with van der Waals surface area (Å²) in [5.74, 6) is 0.870. The second-order valence-corrected chi connectivity index (χ2v) is 5.98. The SMILES string of the molecule is COc1cncc(OC2CCN(C(=O)c3ccc(C)c(C)c3)C2)n1. The number of rotatable bonds is 4. The van der Waals surface area contributed by atoms with E-state index in [9.17, 15) is 4.79 Å². The third-order valence-electron chi connectivity index (χ3n) is 4.27. The van der Waals surface area contributed by atoms with Crippen LogP contribution < -0.4 is 9.47 Å². The molecule has 2 heterocycles. The van der Waals surface area contributed by atoms with Gasteiger partial charge in [-0.1, -0.05) is 6.07 Å². The summed E-state index contributed by atoms with van der Waals surface area (Å²) < 4.78 is 10.9. The first-order valence-electron chi connectivity index (χ1n) is 7.96.